The van der Waals surface area contributed by atoms with E-state index in [9.17, 15) is 8.42 Å². The highest BCUT2D eigenvalue weighted by Crippen LogP contribution is 2.52. The Balaban J connectivity index is 1.88. The van der Waals surface area contributed by atoms with Gasteiger partial charge in [-0.3, -0.25) is 0 Å². The van der Waals surface area contributed by atoms with E-state index >= 15 is 0 Å². The summed E-state index contributed by atoms with van der Waals surface area (Å²) in [5, 5.41) is 0. The summed E-state index contributed by atoms with van der Waals surface area (Å²) in [5.41, 5.74) is -0.0330. The molecule has 1 aliphatic heterocycles. The van der Waals surface area contributed by atoms with Crippen molar-refractivity contribution in [3.05, 3.63) is 0 Å². The lowest BCUT2D eigenvalue weighted by molar-refractivity contribution is 0.241. The molecule has 26 heavy (non-hydrogen) atoms. The van der Waals surface area contributed by atoms with Crippen LogP contribution in [0.3, 0.4) is 0 Å². The zero-order chi connectivity index (χ0) is 19.3. The molecule has 1 aliphatic carbocycles. The van der Waals surface area contributed by atoms with Crippen LogP contribution in [-0.4, -0.2) is 29.6 Å². The van der Waals surface area contributed by atoms with E-state index in [1.807, 2.05) is 25.1 Å². The van der Waals surface area contributed by atoms with Gasteiger partial charge in [-0.1, -0.05) is 77.6 Å². The molecule has 0 bridgehead atoms. The second-order valence-electron chi connectivity index (χ2n) is 9.79. The van der Waals surface area contributed by atoms with Crippen molar-refractivity contribution in [3.63, 3.8) is 0 Å². The van der Waals surface area contributed by atoms with Gasteiger partial charge in [-0.25, -0.2) is 8.42 Å². The molecular weight excluding hydrogens is 342 g/mol. The molecule has 0 amide bonds. The maximum atomic E-state index is 13.0. The summed E-state index contributed by atoms with van der Waals surface area (Å²) >= 11 is 0. The second kappa shape index (κ2) is 9.41. The molecule has 0 aromatic carbocycles. The van der Waals surface area contributed by atoms with Crippen molar-refractivity contribution in [1.82, 2.24) is 4.31 Å². The smallest absolute Gasteiger partial charge is 0.212 e. The number of rotatable bonds is 11. The molecule has 0 spiro atoms. The largest absolute Gasteiger partial charge is 0.219 e. The van der Waals surface area contributed by atoms with Crippen LogP contribution in [0.4, 0.5) is 0 Å². The predicted octanol–water partition coefficient (Wildman–Crippen LogP) is 6.28. The van der Waals surface area contributed by atoms with Gasteiger partial charge in [0.05, 0.1) is 10.3 Å². The van der Waals surface area contributed by atoms with Crippen molar-refractivity contribution < 1.29 is 8.42 Å². The van der Waals surface area contributed by atoms with Crippen molar-refractivity contribution in [2.45, 2.75) is 128 Å². The standard InChI is InChI=1S/C22H43NO2S/c1-5-6-7-8-9-10-11-15-18-22(20-16-13-12-14-17-20)19-23(22)26(24,25)21(2,3)4/h20H,5-19H2,1-4H3/t22-,23?/m1/s1. The van der Waals surface area contributed by atoms with Gasteiger partial charge in [-0.05, 0) is 46.0 Å². The molecule has 0 radical (unpaired) electrons. The molecule has 0 N–H and O–H groups in total. The van der Waals surface area contributed by atoms with Gasteiger partial charge < -0.3 is 0 Å². The van der Waals surface area contributed by atoms with E-state index in [0.717, 1.165) is 13.0 Å². The lowest BCUT2D eigenvalue weighted by atomic mass is 9.77. The Kier molecular flexibility index (Phi) is 8.03. The lowest BCUT2D eigenvalue weighted by Gasteiger charge is -2.33. The predicted molar refractivity (Wildman–Crippen MR) is 112 cm³/mol. The van der Waals surface area contributed by atoms with E-state index in [1.54, 1.807) is 0 Å². The van der Waals surface area contributed by atoms with Gasteiger partial charge in [0.25, 0.3) is 0 Å². The van der Waals surface area contributed by atoms with Crippen LogP contribution in [-0.2, 0) is 10.0 Å². The van der Waals surface area contributed by atoms with Gasteiger partial charge in [0.1, 0.15) is 0 Å². The van der Waals surface area contributed by atoms with Crippen molar-refractivity contribution in [2.24, 2.45) is 5.92 Å². The van der Waals surface area contributed by atoms with Crippen molar-refractivity contribution >= 4 is 10.0 Å². The first-order chi connectivity index (χ1) is 12.3. The maximum Gasteiger partial charge on any atom is 0.219 e. The maximum absolute atomic E-state index is 13.0. The normalized spacial score (nSPS) is 27.6. The van der Waals surface area contributed by atoms with E-state index in [1.165, 1.54) is 83.5 Å². The summed E-state index contributed by atoms with van der Waals surface area (Å²) in [6.07, 6.45) is 18.0. The molecule has 1 unspecified atom stereocenters. The van der Waals surface area contributed by atoms with Crippen molar-refractivity contribution in [2.75, 3.05) is 6.54 Å². The summed E-state index contributed by atoms with van der Waals surface area (Å²) in [5.74, 6) is 0.595. The summed E-state index contributed by atoms with van der Waals surface area (Å²) in [6, 6.07) is 0. The molecule has 1 saturated carbocycles. The Morgan fingerprint density at radius 2 is 1.42 bits per heavy atom. The molecule has 1 saturated heterocycles. The van der Waals surface area contributed by atoms with Gasteiger partial charge in [0.15, 0.2) is 0 Å². The highest BCUT2D eigenvalue weighted by Gasteiger charge is 2.63. The first-order valence-corrected chi connectivity index (χ1v) is 12.7. The molecule has 0 aromatic rings. The van der Waals surface area contributed by atoms with E-state index in [-0.39, 0.29) is 5.54 Å². The van der Waals surface area contributed by atoms with Crippen LogP contribution < -0.4 is 0 Å². The first kappa shape index (κ1) is 22.2. The van der Waals surface area contributed by atoms with Gasteiger partial charge >= 0.3 is 0 Å². The molecule has 0 aromatic heterocycles. The van der Waals surface area contributed by atoms with Crippen LogP contribution in [0.25, 0.3) is 0 Å². The average molecular weight is 386 g/mol. The van der Waals surface area contributed by atoms with Crippen LogP contribution in [0.5, 0.6) is 0 Å². The van der Waals surface area contributed by atoms with Gasteiger partial charge in [0, 0.05) is 6.54 Å². The van der Waals surface area contributed by atoms with Crippen molar-refractivity contribution in [1.29, 1.82) is 0 Å². The topological polar surface area (TPSA) is 37.1 Å². The molecular formula is C22H43NO2S. The minimum absolute atomic E-state index is 0.0330. The van der Waals surface area contributed by atoms with E-state index < -0.39 is 14.8 Å². The molecule has 4 heteroatoms. The molecule has 2 aliphatic rings. The number of hydrogen-bond acceptors (Lipinski definition) is 2. The molecule has 2 rings (SSSR count). The number of nitrogens with zero attached hydrogens (tertiary/aromatic N) is 1. The molecule has 3 nitrogen and oxygen atoms in total. The monoisotopic (exact) mass is 385 g/mol. The zero-order valence-corrected chi connectivity index (χ0v) is 18.7. The van der Waals surface area contributed by atoms with E-state index in [0.29, 0.717) is 5.92 Å². The SMILES string of the molecule is CCCCCCCCCC[C@]1(C2CCCCC2)CN1S(=O)(=O)C(C)(C)C. The third-order valence-electron chi connectivity index (χ3n) is 6.70. The molecule has 2 atom stereocenters. The lowest BCUT2D eigenvalue weighted by Crippen LogP contribution is -2.40. The van der Waals surface area contributed by atoms with Crippen LogP contribution in [0, 0.1) is 5.92 Å². The Bertz CT molecular complexity index is 517. The van der Waals surface area contributed by atoms with Crippen LogP contribution in [0.15, 0.2) is 0 Å². The minimum Gasteiger partial charge on any atom is -0.212 e. The number of sulfonamides is 1. The van der Waals surface area contributed by atoms with Gasteiger partial charge in [0.2, 0.25) is 10.0 Å². The fraction of sp³-hybridized carbons (Fsp3) is 1.00. The minimum atomic E-state index is -3.18. The third-order valence-corrected chi connectivity index (χ3v) is 9.32. The van der Waals surface area contributed by atoms with E-state index in [2.05, 4.69) is 6.92 Å². The molecule has 2 fully saturated rings. The summed E-state index contributed by atoms with van der Waals surface area (Å²) in [6.45, 7) is 8.60. The van der Waals surface area contributed by atoms with Gasteiger partial charge in [-0.15, -0.1) is 0 Å². The zero-order valence-electron chi connectivity index (χ0n) is 17.9. The van der Waals surface area contributed by atoms with E-state index in [4.69, 9.17) is 0 Å². The highest BCUT2D eigenvalue weighted by atomic mass is 32.2. The molecule has 1 heterocycles. The summed E-state index contributed by atoms with van der Waals surface area (Å²) < 4.78 is 27.3. The van der Waals surface area contributed by atoms with Gasteiger partial charge in [-0.2, -0.15) is 4.31 Å². The van der Waals surface area contributed by atoms with Crippen LogP contribution >= 0.6 is 0 Å². The average Bonchev–Trinajstić information content (AvgIpc) is 3.34. The summed E-state index contributed by atoms with van der Waals surface area (Å²) in [4.78, 5) is 0. The number of hydrogen-bond donors (Lipinski definition) is 0. The third kappa shape index (κ3) is 5.25. The number of unbranched alkanes of at least 4 members (excludes halogenated alkanes) is 7. The van der Waals surface area contributed by atoms with Crippen molar-refractivity contribution in [3.8, 4) is 0 Å². The Morgan fingerprint density at radius 3 is 1.96 bits per heavy atom. The Morgan fingerprint density at radius 1 is 0.885 bits per heavy atom. The van der Waals surface area contributed by atoms with Crippen LogP contribution in [0.2, 0.25) is 0 Å². The quantitative estimate of drug-likeness (QED) is 0.310. The highest BCUT2D eigenvalue weighted by molar-refractivity contribution is 7.90. The fourth-order valence-electron chi connectivity index (χ4n) is 4.81. The first-order valence-electron chi connectivity index (χ1n) is 11.3. The Labute approximate surface area is 163 Å². The Hall–Kier alpha value is -0.0900. The van der Waals surface area contributed by atoms with Crippen LogP contribution in [0.1, 0.15) is 118 Å². The molecule has 154 valence electrons. The summed E-state index contributed by atoms with van der Waals surface area (Å²) in [7, 11) is -3.18. The second-order valence-corrected chi connectivity index (χ2v) is 12.4. The fourth-order valence-corrected chi connectivity index (χ4v) is 6.59.